The fourth-order valence-corrected chi connectivity index (χ4v) is 4.83. The van der Waals surface area contributed by atoms with E-state index in [1.165, 1.54) is 11.1 Å². The molecule has 1 aromatic heterocycles. The Balaban J connectivity index is 1.16. The van der Waals surface area contributed by atoms with Crippen LogP contribution in [0.2, 0.25) is 5.02 Å². The summed E-state index contributed by atoms with van der Waals surface area (Å²) in [4.78, 5) is 33.9. The number of hydrogen-bond acceptors (Lipinski definition) is 8. The first kappa shape index (κ1) is 21.9. The van der Waals surface area contributed by atoms with Crippen molar-refractivity contribution < 1.29 is 19.1 Å². The van der Waals surface area contributed by atoms with Gasteiger partial charge >= 0.3 is 6.09 Å². The van der Waals surface area contributed by atoms with Crippen LogP contribution in [-0.4, -0.2) is 53.8 Å². The standard InChI is InChI=1S/C22H25ClN6O4/c1-22(5-6-25-8-12-7-14-13(18(12)24)3-2-4-15(14)23)11-29(21(31)33-22)16-9-26-20-19(27-16)28-17(30)10-32-20/h2-4,9,12,18,25H,5-8,10-11,24H2,1H3,(H,27,28,30). The minimum absolute atomic E-state index is 0.0476. The normalized spacial score (nSPS) is 25.8. The maximum absolute atomic E-state index is 12.5. The van der Waals surface area contributed by atoms with Gasteiger partial charge in [-0.1, -0.05) is 23.7 Å². The smallest absolute Gasteiger partial charge is 0.416 e. The molecule has 11 heteroatoms. The van der Waals surface area contributed by atoms with Crippen molar-refractivity contribution in [2.24, 2.45) is 11.7 Å². The molecule has 2 aromatic rings. The number of carbonyl (C=O) groups is 2. The Labute approximate surface area is 195 Å². The van der Waals surface area contributed by atoms with Gasteiger partial charge in [-0.15, -0.1) is 0 Å². The highest BCUT2D eigenvalue weighted by atomic mass is 35.5. The van der Waals surface area contributed by atoms with Crippen LogP contribution >= 0.6 is 11.6 Å². The number of rotatable bonds is 6. The highest BCUT2D eigenvalue weighted by molar-refractivity contribution is 6.31. The highest BCUT2D eigenvalue weighted by Gasteiger charge is 2.43. The quantitative estimate of drug-likeness (QED) is 0.544. The van der Waals surface area contributed by atoms with Gasteiger partial charge in [0, 0.05) is 24.0 Å². The molecule has 2 amide bonds. The fraction of sp³-hybridized carbons (Fsp3) is 0.455. The fourth-order valence-electron chi connectivity index (χ4n) is 4.58. The molecule has 3 atom stereocenters. The van der Waals surface area contributed by atoms with Gasteiger partial charge in [0.25, 0.3) is 11.8 Å². The summed E-state index contributed by atoms with van der Waals surface area (Å²) in [6.07, 6.45) is 2.40. The SMILES string of the molecule is CC1(CCNCC2Cc3c(Cl)cccc3C2N)CN(c2cnc3c(n2)NC(=O)CO3)C(=O)O1. The van der Waals surface area contributed by atoms with Crippen LogP contribution in [0.5, 0.6) is 5.88 Å². The van der Waals surface area contributed by atoms with Crippen LogP contribution < -0.4 is 26.0 Å². The van der Waals surface area contributed by atoms with Crippen LogP contribution in [0, 0.1) is 5.92 Å². The first-order valence-corrected chi connectivity index (χ1v) is 11.2. The zero-order valence-corrected chi connectivity index (χ0v) is 18.9. The number of nitrogens with one attached hydrogen (secondary N) is 2. The zero-order valence-electron chi connectivity index (χ0n) is 18.1. The van der Waals surface area contributed by atoms with Crippen LogP contribution in [0.4, 0.5) is 16.4 Å². The van der Waals surface area contributed by atoms with E-state index in [2.05, 4.69) is 20.6 Å². The van der Waals surface area contributed by atoms with Gasteiger partial charge in [0.15, 0.2) is 18.2 Å². The molecule has 5 rings (SSSR count). The average Bonchev–Trinajstić information content (AvgIpc) is 3.28. The molecule has 33 heavy (non-hydrogen) atoms. The lowest BCUT2D eigenvalue weighted by Crippen LogP contribution is -2.37. The monoisotopic (exact) mass is 472 g/mol. The minimum Gasteiger partial charge on any atom is -0.465 e. The van der Waals surface area contributed by atoms with Crippen LogP contribution in [0.1, 0.15) is 30.5 Å². The van der Waals surface area contributed by atoms with Gasteiger partial charge in [-0.2, -0.15) is 0 Å². The van der Waals surface area contributed by atoms with E-state index < -0.39 is 11.7 Å². The molecule has 1 saturated heterocycles. The molecule has 0 bridgehead atoms. The third kappa shape index (κ3) is 4.21. The van der Waals surface area contributed by atoms with Crippen molar-refractivity contribution >= 4 is 35.2 Å². The van der Waals surface area contributed by atoms with Crippen LogP contribution in [-0.2, 0) is 16.0 Å². The topological polar surface area (TPSA) is 132 Å². The molecule has 3 unspecified atom stereocenters. The van der Waals surface area contributed by atoms with Gasteiger partial charge in [0.2, 0.25) is 0 Å². The van der Waals surface area contributed by atoms with Crippen molar-refractivity contribution in [2.75, 3.05) is 36.5 Å². The van der Waals surface area contributed by atoms with Crippen molar-refractivity contribution in [3.63, 3.8) is 0 Å². The maximum atomic E-state index is 12.5. The molecule has 0 spiro atoms. The largest absolute Gasteiger partial charge is 0.465 e. The van der Waals surface area contributed by atoms with Gasteiger partial charge in [0.1, 0.15) is 5.60 Å². The minimum atomic E-state index is -0.689. The summed E-state index contributed by atoms with van der Waals surface area (Å²) in [6, 6.07) is 5.83. The second-order valence-corrected chi connectivity index (χ2v) is 9.28. The number of fused-ring (bicyclic) bond motifs is 2. The van der Waals surface area contributed by atoms with E-state index in [1.807, 2.05) is 25.1 Å². The molecule has 2 aliphatic heterocycles. The molecule has 3 heterocycles. The average molecular weight is 473 g/mol. The molecular weight excluding hydrogens is 448 g/mol. The van der Waals surface area contributed by atoms with Gasteiger partial charge in [-0.05, 0) is 43.0 Å². The molecule has 4 N–H and O–H groups in total. The predicted molar refractivity (Wildman–Crippen MR) is 121 cm³/mol. The van der Waals surface area contributed by atoms with E-state index >= 15 is 0 Å². The Morgan fingerprint density at radius 2 is 2.24 bits per heavy atom. The summed E-state index contributed by atoms with van der Waals surface area (Å²) in [7, 11) is 0. The third-order valence-corrected chi connectivity index (χ3v) is 6.73. The number of nitrogens with two attached hydrogens (primary N) is 1. The third-order valence-electron chi connectivity index (χ3n) is 6.37. The number of benzene rings is 1. The molecule has 3 aliphatic rings. The Morgan fingerprint density at radius 1 is 1.39 bits per heavy atom. The molecule has 174 valence electrons. The Kier molecular flexibility index (Phi) is 5.59. The second kappa shape index (κ2) is 8.44. The number of hydrogen-bond donors (Lipinski definition) is 3. The number of amides is 2. The molecule has 1 fully saturated rings. The number of carbonyl (C=O) groups excluding carboxylic acids is 2. The van der Waals surface area contributed by atoms with E-state index in [-0.39, 0.29) is 36.2 Å². The van der Waals surface area contributed by atoms with E-state index in [4.69, 9.17) is 26.8 Å². The Morgan fingerprint density at radius 3 is 3.06 bits per heavy atom. The predicted octanol–water partition coefficient (Wildman–Crippen LogP) is 2.03. The lowest BCUT2D eigenvalue weighted by Gasteiger charge is -2.23. The number of halogens is 1. The first-order valence-electron chi connectivity index (χ1n) is 10.9. The van der Waals surface area contributed by atoms with Crippen molar-refractivity contribution in [3.05, 3.63) is 40.5 Å². The Bertz CT molecular complexity index is 1110. The van der Waals surface area contributed by atoms with Crippen LogP contribution in [0.25, 0.3) is 0 Å². The van der Waals surface area contributed by atoms with E-state index in [0.29, 0.717) is 25.3 Å². The van der Waals surface area contributed by atoms with Gasteiger partial charge < -0.3 is 25.8 Å². The highest BCUT2D eigenvalue weighted by Crippen LogP contribution is 2.38. The zero-order chi connectivity index (χ0) is 23.2. The van der Waals surface area contributed by atoms with Crippen molar-refractivity contribution in [1.82, 2.24) is 15.3 Å². The van der Waals surface area contributed by atoms with E-state index in [1.54, 1.807) is 0 Å². The first-order chi connectivity index (χ1) is 15.8. The van der Waals surface area contributed by atoms with E-state index in [0.717, 1.165) is 29.1 Å². The summed E-state index contributed by atoms with van der Waals surface area (Å²) >= 11 is 6.32. The molecule has 10 nitrogen and oxygen atoms in total. The van der Waals surface area contributed by atoms with Crippen molar-refractivity contribution in [3.8, 4) is 5.88 Å². The van der Waals surface area contributed by atoms with Gasteiger partial charge in [0.05, 0.1) is 12.7 Å². The van der Waals surface area contributed by atoms with E-state index in [9.17, 15) is 9.59 Å². The van der Waals surface area contributed by atoms with Gasteiger partial charge in [-0.25, -0.2) is 14.8 Å². The summed E-state index contributed by atoms with van der Waals surface area (Å²) in [5.41, 5.74) is 7.99. The summed E-state index contributed by atoms with van der Waals surface area (Å²) in [5, 5.41) is 6.82. The number of nitrogens with zero attached hydrogens (tertiary/aromatic N) is 3. The van der Waals surface area contributed by atoms with Crippen LogP contribution in [0.15, 0.2) is 24.4 Å². The van der Waals surface area contributed by atoms with Crippen LogP contribution in [0.3, 0.4) is 0 Å². The number of anilines is 2. The van der Waals surface area contributed by atoms with Crippen molar-refractivity contribution in [1.29, 1.82) is 0 Å². The molecule has 0 radical (unpaired) electrons. The number of aromatic nitrogens is 2. The molecular formula is C22H25ClN6O4. The van der Waals surface area contributed by atoms with Gasteiger partial charge in [-0.3, -0.25) is 9.69 Å². The molecule has 1 aromatic carbocycles. The second-order valence-electron chi connectivity index (χ2n) is 8.87. The molecule has 1 aliphatic carbocycles. The Hall–Kier alpha value is -2.95. The number of ether oxygens (including phenoxy) is 2. The number of cyclic esters (lactones) is 1. The lowest BCUT2D eigenvalue weighted by molar-refractivity contribution is -0.118. The summed E-state index contributed by atoms with van der Waals surface area (Å²) < 4.78 is 10.9. The maximum Gasteiger partial charge on any atom is 0.416 e. The lowest BCUT2D eigenvalue weighted by atomic mass is 10.0. The molecule has 0 saturated carbocycles. The summed E-state index contributed by atoms with van der Waals surface area (Å²) in [5.74, 6) is 0.666. The van der Waals surface area contributed by atoms with Crippen molar-refractivity contribution in [2.45, 2.75) is 31.4 Å². The summed E-state index contributed by atoms with van der Waals surface area (Å²) in [6.45, 7) is 3.50.